The molecule has 1 N–H and O–H groups in total. The van der Waals surface area contributed by atoms with Gasteiger partial charge in [-0.05, 0) is 136 Å². The Morgan fingerprint density at radius 1 is 0.909 bits per heavy atom. The lowest BCUT2D eigenvalue weighted by Gasteiger charge is -2.58. The molecule has 0 radical (unpaired) electrons. The van der Waals surface area contributed by atoms with Gasteiger partial charge in [-0.2, -0.15) is 0 Å². The highest BCUT2D eigenvalue weighted by Gasteiger charge is 2.53. The maximum absolute atomic E-state index is 10.3. The molecule has 4 fully saturated rings. The van der Waals surface area contributed by atoms with E-state index in [2.05, 4.69) is 83.2 Å². The molecule has 0 aromatic heterocycles. The maximum atomic E-state index is 10.3. The van der Waals surface area contributed by atoms with Crippen LogP contribution in [0.2, 0.25) is 0 Å². The molecular weight excluding hydrogens is 574 g/mol. The van der Waals surface area contributed by atoms with Crippen molar-refractivity contribution in [2.24, 2.45) is 45.3 Å². The van der Waals surface area contributed by atoms with E-state index in [0.29, 0.717) is 42.0 Å². The van der Waals surface area contributed by atoms with E-state index >= 15 is 0 Å². The summed E-state index contributed by atoms with van der Waals surface area (Å²) in [7, 11) is 3.14. The fourth-order valence-corrected chi connectivity index (χ4v) is 11.3. The molecule has 2 nitrogen and oxygen atoms in total. The highest BCUT2D eigenvalue weighted by Crippen LogP contribution is 2.63. The van der Waals surface area contributed by atoms with E-state index in [1.54, 1.807) is 6.08 Å². The molecule has 252 valence electrons. The molecule has 0 bridgehead atoms. The zero-order valence-electron chi connectivity index (χ0n) is 30.1. The summed E-state index contributed by atoms with van der Waals surface area (Å²) < 4.78 is 5.45. The topological polar surface area (TPSA) is 29.5 Å². The molecule has 9 atom stereocenters. The second-order valence-corrected chi connectivity index (χ2v) is 18.6. The monoisotopic (exact) mass is 644 g/mol. The van der Waals surface area contributed by atoms with Crippen molar-refractivity contribution < 1.29 is 9.63 Å². The Kier molecular flexibility index (Phi) is 13.3. The first kappa shape index (κ1) is 38.2. The second kappa shape index (κ2) is 15.3. The third-order valence-corrected chi connectivity index (χ3v) is 14.3. The van der Waals surface area contributed by atoms with E-state index in [0.717, 1.165) is 31.3 Å². The molecule has 0 saturated heterocycles. The van der Waals surface area contributed by atoms with Crippen molar-refractivity contribution in [2.75, 3.05) is 6.61 Å². The van der Waals surface area contributed by atoms with Gasteiger partial charge in [0.15, 0.2) is 0 Å². The van der Waals surface area contributed by atoms with E-state index in [4.69, 9.17) is 4.52 Å². The van der Waals surface area contributed by atoms with Crippen molar-refractivity contribution in [1.82, 2.24) is 0 Å². The molecule has 0 aromatic carbocycles. The van der Waals surface area contributed by atoms with Gasteiger partial charge in [-0.3, -0.25) is 0 Å². The molecule has 0 aromatic rings. The lowest BCUT2D eigenvalue weighted by atomic mass is 9.47. The Morgan fingerprint density at radius 2 is 1.39 bits per heavy atom. The van der Waals surface area contributed by atoms with Crippen LogP contribution >= 0.6 is 17.4 Å². The average Bonchev–Trinajstić information content (AvgIpc) is 2.91. The summed E-state index contributed by atoms with van der Waals surface area (Å²) in [6.07, 6.45) is 21.5. The molecule has 4 aliphatic carbocycles. The lowest BCUT2D eigenvalue weighted by Crippen LogP contribution is -2.49. The van der Waals surface area contributed by atoms with Gasteiger partial charge in [-0.25, -0.2) is 0 Å². The van der Waals surface area contributed by atoms with Gasteiger partial charge in [-0.15, -0.1) is 6.58 Å². The van der Waals surface area contributed by atoms with Gasteiger partial charge in [0.1, 0.15) is 0 Å². The minimum Gasteiger partial charge on any atom is -0.386 e. The third kappa shape index (κ3) is 8.80. The summed E-state index contributed by atoms with van der Waals surface area (Å²) in [5.74, 6) is 2.92. The first-order valence-corrected chi connectivity index (χ1v) is 20.6. The third-order valence-electron chi connectivity index (χ3n) is 13.4. The van der Waals surface area contributed by atoms with Crippen molar-refractivity contribution in [3.05, 3.63) is 48.6 Å². The van der Waals surface area contributed by atoms with Crippen LogP contribution in [0.3, 0.4) is 0 Å². The summed E-state index contributed by atoms with van der Waals surface area (Å²) in [5.41, 5.74) is 5.47. The van der Waals surface area contributed by atoms with Gasteiger partial charge in [0.2, 0.25) is 0 Å². The Balaban J connectivity index is 0.000000241. The van der Waals surface area contributed by atoms with Gasteiger partial charge in [0.25, 0.3) is 0 Å². The molecule has 4 heteroatoms. The minimum absolute atomic E-state index is 0.369. The standard InChI is InChI=1S/C20H36OP2.C20H34O/c1-15(11-14-21-23-22)7-9-17-16(2)8-10-18-19(3,4)12-6-13-20(17,18)5;1-7-19(5,21)14-11-16-15(2)9-10-17-18(3,4)12-8-13-20(16,17)6/h11,17-18,23H,2,6-10,12-14,22H2,1,3-5H3;7,16-17,21H,1-2,8-14H2,3-6H3/b15-11+;/t17-,18?,20+;16-,17?,19?,20+/m00/s1. The van der Waals surface area contributed by atoms with E-state index in [1.165, 1.54) is 93.8 Å². The number of rotatable bonds is 10. The van der Waals surface area contributed by atoms with E-state index in [9.17, 15) is 5.11 Å². The summed E-state index contributed by atoms with van der Waals surface area (Å²) in [6, 6.07) is 0. The predicted molar refractivity (Wildman–Crippen MR) is 199 cm³/mol. The number of aliphatic hydroxyl groups is 1. The van der Waals surface area contributed by atoms with Crippen LogP contribution in [0.1, 0.15) is 145 Å². The number of hydrogen-bond acceptors (Lipinski definition) is 2. The second-order valence-electron chi connectivity index (χ2n) is 17.4. The maximum Gasteiger partial charge on any atom is 0.0797 e. The van der Waals surface area contributed by atoms with E-state index in [-0.39, 0.29) is 0 Å². The highest BCUT2D eigenvalue weighted by atomic mass is 32.0. The molecule has 0 heterocycles. The lowest BCUT2D eigenvalue weighted by molar-refractivity contribution is -0.0583. The Morgan fingerprint density at radius 3 is 1.84 bits per heavy atom. The highest BCUT2D eigenvalue weighted by molar-refractivity contribution is 8.00. The SMILES string of the molecule is C=C1CCC2C(C)(C)CCC[C@]2(C)[C@H]1CC/C(C)=C/COPP.C=CC(C)(O)CC[C@H]1C(=C)CCC2C(C)(C)CCC[C@@]21C. The van der Waals surface area contributed by atoms with Crippen LogP contribution in [0.5, 0.6) is 0 Å². The predicted octanol–water partition coefficient (Wildman–Crippen LogP) is 12.4. The number of hydrogen-bond donors (Lipinski definition) is 1. The van der Waals surface area contributed by atoms with Crippen LogP contribution in [0.15, 0.2) is 48.6 Å². The Hall–Kier alpha value is -0.260. The first-order valence-electron chi connectivity index (χ1n) is 17.9. The van der Waals surface area contributed by atoms with Crippen molar-refractivity contribution in [2.45, 2.75) is 151 Å². The molecule has 0 aliphatic heterocycles. The van der Waals surface area contributed by atoms with E-state index in [1.807, 2.05) is 6.92 Å². The van der Waals surface area contributed by atoms with E-state index < -0.39 is 5.60 Å². The normalized spacial score (nSPS) is 36.5. The molecule has 0 spiro atoms. The van der Waals surface area contributed by atoms with Crippen LogP contribution in [0.25, 0.3) is 0 Å². The van der Waals surface area contributed by atoms with Gasteiger partial charge < -0.3 is 9.63 Å². The van der Waals surface area contributed by atoms with Crippen LogP contribution in [0, 0.1) is 45.3 Å². The summed E-state index contributed by atoms with van der Waals surface area (Å²) in [5, 5.41) is 10.3. The Labute approximate surface area is 277 Å². The van der Waals surface area contributed by atoms with Crippen LogP contribution in [-0.2, 0) is 4.52 Å². The van der Waals surface area contributed by atoms with Gasteiger partial charge >= 0.3 is 0 Å². The smallest absolute Gasteiger partial charge is 0.0797 e. The van der Waals surface area contributed by atoms with Gasteiger partial charge in [-0.1, -0.05) is 105 Å². The van der Waals surface area contributed by atoms with Gasteiger partial charge in [0, 0.05) is 8.50 Å². The number of fused-ring (bicyclic) bond motifs is 2. The first-order chi connectivity index (χ1) is 20.4. The largest absolute Gasteiger partial charge is 0.386 e. The summed E-state index contributed by atoms with van der Waals surface area (Å²) in [4.78, 5) is 0. The van der Waals surface area contributed by atoms with Gasteiger partial charge in [0.05, 0.1) is 12.2 Å². The molecule has 4 rings (SSSR count). The van der Waals surface area contributed by atoms with Crippen LogP contribution < -0.4 is 0 Å². The van der Waals surface area contributed by atoms with Crippen molar-refractivity contribution >= 4 is 17.4 Å². The van der Waals surface area contributed by atoms with Crippen LogP contribution in [-0.4, -0.2) is 17.3 Å². The fraction of sp³-hybridized carbons (Fsp3) is 0.800. The van der Waals surface area contributed by atoms with Crippen molar-refractivity contribution in [3.63, 3.8) is 0 Å². The summed E-state index contributed by atoms with van der Waals surface area (Å²) >= 11 is 0. The zero-order chi connectivity index (χ0) is 33.0. The zero-order valence-corrected chi connectivity index (χ0v) is 32.3. The minimum atomic E-state index is -0.742. The quantitative estimate of drug-likeness (QED) is 0.146. The molecule has 44 heavy (non-hydrogen) atoms. The van der Waals surface area contributed by atoms with Crippen molar-refractivity contribution in [1.29, 1.82) is 0 Å². The molecule has 5 unspecified atom stereocenters. The Bertz CT molecular complexity index is 1040. The molecule has 0 amide bonds. The average molecular weight is 645 g/mol. The molecule has 4 saturated carbocycles. The van der Waals surface area contributed by atoms with Crippen molar-refractivity contribution in [3.8, 4) is 0 Å². The molecular formula is C40H70O2P2. The molecule has 4 aliphatic rings. The number of allylic oxidation sites excluding steroid dienone is 3. The summed E-state index contributed by atoms with van der Waals surface area (Å²) in [6.45, 7) is 32.5. The van der Waals surface area contributed by atoms with Crippen LogP contribution in [0.4, 0.5) is 0 Å². The fourth-order valence-electron chi connectivity index (χ4n) is 10.9.